The van der Waals surface area contributed by atoms with Crippen molar-refractivity contribution in [3.8, 4) is 0 Å². The quantitative estimate of drug-likeness (QED) is 0.293. The first-order valence-corrected chi connectivity index (χ1v) is 15.8. The summed E-state index contributed by atoms with van der Waals surface area (Å²) in [5.41, 5.74) is 4.05. The van der Waals surface area contributed by atoms with Gasteiger partial charge in [-0.1, -0.05) is 35.2 Å². The summed E-state index contributed by atoms with van der Waals surface area (Å²) in [4.78, 5) is 34.5. The second-order valence-corrected chi connectivity index (χ2v) is 12.7. The maximum Gasteiger partial charge on any atom is 0.253 e. The number of anilines is 1. The van der Waals surface area contributed by atoms with Crippen LogP contribution in [0.5, 0.6) is 0 Å². The lowest BCUT2D eigenvalue weighted by Crippen LogP contribution is -2.46. The Morgan fingerprint density at radius 3 is 2.48 bits per heavy atom. The third-order valence-electron chi connectivity index (χ3n) is 8.90. The molecule has 216 valence electrons. The minimum Gasteiger partial charge on any atom is -0.382 e. The average Bonchev–Trinajstić information content (AvgIpc) is 3.46. The fourth-order valence-electron chi connectivity index (χ4n) is 6.72. The van der Waals surface area contributed by atoms with Gasteiger partial charge in [0.25, 0.3) is 11.5 Å². The van der Waals surface area contributed by atoms with Crippen molar-refractivity contribution in [1.82, 2.24) is 20.1 Å². The third-order valence-corrected chi connectivity index (χ3v) is 9.35. The monoisotopic (exact) mass is 610 g/mol. The highest BCUT2D eigenvalue weighted by atomic mass is 79.9. The zero-order chi connectivity index (χ0) is 28.1. The second kappa shape index (κ2) is 13.4. The highest BCUT2D eigenvalue weighted by molar-refractivity contribution is 9.10. The van der Waals surface area contributed by atoms with E-state index >= 15 is 0 Å². The number of H-pyrrole nitrogens is 1. The Labute approximate surface area is 245 Å². The van der Waals surface area contributed by atoms with Gasteiger partial charge >= 0.3 is 0 Å². The molecule has 40 heavy (non-hydrogen) atoms. The van der Waals surface area contributed by atoms with E-state index in [1.807, 2.05) is 19.1 Å². The van der Waals surface area contributed by atoms with Crippen LogP contribution in [0.1, 0.15) is 90.5 Å². The molecular formula is C31H43BrN6O2. The van der Waals surface area contributed by atoms with Crippen LogP contribution in [-0.2, 0) is 13.1 Å². The van der Waals surface area contributed by atoms with Gasteiger partial charge in [-0.05, 0) is 95.4 Å². The van der Waals surface area contributed by atoms with Gasteiger partial charge in [-0.3, -0.25) is 14.5 Å². The van der Waals surface area contributed by atoms with Crippen molar-refractivity contribution in [1.29, 1.82) is 5.41 Å². The zero-order valence-electron chi connectivity index (χ0n) is 23.7. The van der Waals surface area contributed by atoms with Gasteiger partial charge in [-0.15, -0.1) is 0 Å². The second-order valence-electron chi connectivity index (χ2n) is 11.8. The zero-order valence-corrected chi connectivity index (χ0v) is 25.2. The van der Waals surface area contributed by atoms with Crippen LogP contribution in [0.15, 0.2) is 27.5 Å². The Morgan fingerprint density at radius 2 is 1.77 bits per heavy atom. The first kappa shape index (κ1) is 29.0. The van der Waals surface area contributed by atoms with E-state index in [-0.39, 0.29) is 18.0 Å². The molecule has 0 bridgehead atoms. The molecule has 3 fully saturated rings. The molecule has 3 aliphatic rings. The summed E-state index contributed by atoms with van der Waals surface area (Å²) in [5.74, 6) is -0.289. The highest BCUT2D eigenvalue weighted by Gasteiger charge is 2.26. The van der Waals surface area contributed by atoms with Crippen LogP contribution in [0.4, 0.5) is 5.69 Å². The number of halogens is 1. The molecule has 9 heteroatoms. The number of hydrogen-bond acceptors (Lipinski definition) is 6. The van der Waals surface area contributed by atoms with Crippen LogP contribution in [0.25, 0.3) is 0 Å². The van der Waals surface area contributed by atoms with Gasteiger partial charge in [0.2, 0.25) is 0 Å². The predicted octanol–water partition coefficient (Wildman–Crippen LogP) is 5.18. The summed E-state index contributed by atoms with van der Waals surface area (Å²) in [6.45, 7) is 7.28. The summed E-state index contributed by atoms with van der Waals surface area (Å²) < 4.78 is 0.783. The number of aryl methyl sites for hydroxylation is 1. The van der Waals surface area contributed by atoms with Gasteiger partial charge in [0, 0.05) is 58.4 Å². The molecular weight excluding hydrogens is 568 g/mol. The molecule has 3 heterocycles. The Balaban J connectivity index is 1.27. The van der Waals surface area contributed by atoms with Crippen LogP contribution < -0.4 is 16.2 Å². The van der Waals surface area contributed by atoms with E-state index in [9.17, 15) is 9.59 Å². The normalized spacial score (nSPS) is 19.6. The van der Waals surface area contributed by atoms with Crippen molar-refractivity contribution in [2.24, 2.45) is 0 Å². The summed E-state index contributed by atoms with van der Waals surface area (Å²) in [7, 11) is 0. The van der Waals surface area contributed by atoms with Crippen LogP contribution in [0, 0.1) is 12.3 Å². The number of amides is 1. The Bertz CT molecular complexity index is 1260. The average molecular weight is 612 g/mol. The molecule has 1 amide bonds. The van der Waals surface area contributed by atoms with Gasteiger partial charge in [-0.2, -0.15) is 0 Å². The molecule has 4 N–H and O–H groups in total. The fourth-order valence-corrected chi connectivity index (χ4v) is 7.18. The lowest BCUT2D eigenvalue weighted by molar-refractivity contribution is 0.0893. The number of pyridine rings is 1. The Morgan fingerprint density at radius 1 is 1.05 bits per heavy atom. The SMILES string of the molecule is Cc1cc(CN2CCC(N3CCCCC3)CC2)c(CNC(=O)c2cc(Br)cc(NC3CCCC3)c2C=N)c(=O)[nH]1. The predicted molar refractivity (Wildman–Crippen MR) is 165 cm³/mol. The number of aromatic amines is 1. The molecule has 2 aliphatic heterocycles. The number of aromatic nitrogens is 1. The number of hydrogen-bond donors (Lipinski definition) is 4. The van der Waals surface area contributed by atoms with Crippen LogP contribution in [-0.4, -0.2) is 65.2 Å². The van der Waals surface area contributed by atoms with Crippen molar-refractivity contribution in [2.75, 3.05) is 31.5 Å². The van der Waals surface area contributed by atoms with Crippen LogP contribution in [0.3, 0.4) is 0 Å². The van der Waals surface area contributed by atoms with Crippen molar-refractivity contribution in [3.63, 3.8) is 0 Å². The molecule has 1 saturated carbocycles. The van der Waals surface area contributed by atoms with Gasteiger partial charge in [0.15, 0.2) is 0 Å². The maximum atomic E-state index is 13.4. The van der Waals surface area contributed by atoms with E-state index in [1.54, 1.807) is 6.07 Å². The number of nitrogens with zero attached hydrogens (tertiary/aromatic N) is 2. The van der Waals surface area contributed by atoms with Gasteiger partial charge in [-0.25, -0.2) is 0 Å². The number of carbonyl (C=O) groups excluding carboxylic acids is 1. The molecule has 0 atom stereocenters. The Kier molecular flexibility index (Phi) is 9.76. The smallest absolute Gasteiger partial charge is 0.253 e. The number of likely N-dealkylation sites (tertiary alicyclic amines) is 2. The number of piperidine rings is 2. The molecule has 5 rings (SSSR count). The molecule has 2 aromatic rings. The van der Waals surface area contributed by atoms with Gasteiger partial charge in [0.1, 0.15) is 0 Å². The number of benzene rings is 1. The molecule has 2 saturated heterocycles. The fraction of sp³-hybridized carbons (Fsp3) is 0.581. The maximum absolute atomic E-state index is 13.4. The lowest BCUT2D eigenvalue weighted by atomic mass is 9.99. The van der Waals surface area contributed by atoms with E-state index in [0.29, 0.717) is 35.3 Å². The van der Waals surface area contributed by atoms with E-state index in [1.165, 1.54) is 64.2 Å². The lowest BCUT2D eigenvalue weighted by Gasteiger charge is -2.40. The summed E-state index contributed by atoms with van der Waals surface area (Å²) >= 11 is 3.55. The third kappa shape index (κ3) is 7.04. The van der Waals surface area contributed by atoms with Gasteiger partial charge < -0.3 is 25.9 Å². The first-order valence-electron chi connectivity index (χ1n) is 15.0. The molecule has 1 aliphatic carbocycles. The number of carbonyl (C=O) groups is 1. The molecule has 8 nitrogen and oxygen atoms in total. The molecule has 1 aromatic carbocycles. The minimum absolute atomic E-state index is 0.142. The topological polar surface area (TPSA) is 104 Å². The van der Waals surface area contributed by atoms with Crippen LogP contribution >= 0.6 is 15.9 Å². The van der Waals surface area contributed by atoms with Crippen molar-refractivity contribution in [3.05, 3.63) is 61.0 Å². The minimum atomic E-state index is -0.289. The summed E-state index contributed by atoms with van der Waals surface area (Å²) in [5, 5.41) is 14.6. The van der Waals surface area contributed by atoms with E-state index in [4.69, 9.17) is 5.41 Å². The van der Waals surface area contributed by atoms with E-state index in [0.717, 1.165) is 47.3 Å². The van der Waals surface area contributed by atoms with E-state index < -0.39 is 0 Å². The molecule has 0 radical (unpaired) electrons. The first-order chi connectivity index (χ1) is 19.4. The molecule has 0 unspecified atom stereocenters. The van der Waals surface area contributed by atoms with Crippen LogP contribution in [0.2, 0.25) is 0 Å². The standard InChI is InChI=1S/C31H43BrN6O2/c1-21-15-22(20-37-13-9-25(10-14-37)38-11-5-2-6-12-38)28(31(40)35-21)19-34-30(39)26-16-23(32)17-29(27(26)18-33)36-24-7-3-4-8-24/h15-18,24-25,33,36H,2-14,19-20H2,1H3,(H,34,39)(H,35,40). The van der Waals surface area contributed by atoms with E-state index in [2.05, 4.69) is 41.3 Å². The number of rotatable bonds is 9. The van der Waals surface area contributed by atoms with Crippen molar-refractivity contribution in [2.45, 2.75) is 89.9 Å². The summed E-state index contributed by atoms with van der Waals surface area (Å²) in [6, 6.07) is 6.78. The largest absolute Gasteiger partial charge is 0.382 e. The summed E-state index contributed by atoms with van der Waals surface area (Å²) in [6.07, 6.45) is 12.2. The molecule has 0 spiro atoms. The highest BCUT2D eigenvalue weighted by Crippen LogP contribution is 2.29. The van der Waals surface area contributed by atoms with Gasteiger partial charge in [0.05, 0.1) is 5.56 Å². The molecule has 1 aromatic heterocycles. The van der Waals surface area contributed by atoms with Crippen molar-refractivity contribution >= 4 is 33.7 Å². The number of nitrogens with one attached hydrogen (secondary N) is 4. The van der Waals surface area contributed by atoms with Crippen molar-refractivity contribution < 1.29 is 4.79 Å². The Hall–Kier alpha value is -2.49.